The van der Waals surface area contributed by atoms with E-state index in [1.54, 1.807) is 0 Å². The van der Waals surface area contributed by atoms with Crippen LogP contribution < -0.4 is 0 Å². The van der Waals surface area contributed by atoms with E-state index in [1.165, 1.54) is 33.4 Å². The third kappa shape index (κ3) is 4.88. The zero-order valence-electron chi connectivity index (χ0n) is 17.4. The molecule has 0 spiro atoms. The van der Waals surface area contributed by atoms with E-state index in [2.05, 4.69) is 114 Å². The number of hydrogen-bond donors (Lipinski definition) is 0. The summed E-state index contributed by atoms with van der Waals surface area (Å²) in [5.41, 5.74) is 8.24. The van der Waals surface area contributed by atoms with Gasteiger partial charge in [-0.25, -0.2) is 0 Å². The standard InChI is InChI=1S/C26H30.Bi/c1-25(2,3)20-16-17-23(24(18-20)26(4,5)6)22-15-11-10-14-21(22)19-12-8-7-9-13-19;/h7-18H,1-6H3;. The number of benzene rings is 3. The van der Waals surface area contributed by atoms with Crippen molar-refractivity contribution in [2.45, 2.75) is 52.4 Å². The van der Waals surface area contributed by atoms with Crippen molar-refractivity contribution in [3.63, 3.8) is 0 Å². The average Bonchev–Trinajstić information content (AvgIpc) is 2.60. The van der Waals surface area contributed by atoms with Crippen molar-refractivity contribution < 1.29 is 0 Å². The van der Waals surface area contributed by atoms with Gasteiger partial charge >= 0.3 is 0 Å². The van der Waals surface area contributed by atoms with Crippen LogP contribution >= 0.6 is 0 Å². The quantitative estimate of drug-likeness (QED) is 0.295. The SMILES string of the molecule is CC(C)(C)c1ccc(-c2ccccc2-c2ccccc2)c(C(C)(C)C)c1.[Bi]. The Morgan fingerprint density at radius 3 is 1.63 bits per heavy atom. The van der Waals surface area contributed by atoms with E-state index in [0.717, 1.165) is 0 Å². The van der Waals surface area contributed by atoms with Crippen LogP contribution in [0.4, 0.5) is 0 Å². The summed E-state index contributed by atoms with van der Waals surface area (Å²) < 4.78 is 0. The summed E-state index contributed by atoms with van der Waals surface area (Å²) in [6.45, 7) is 13.8. The van der Waals surface area contributed by atoms with Gasteiger partial charge in [-0.2, -0.15) is 0 Å². The van der Waals surface area contributed by atoms with Crippen molar-refractivity contribution in [2.24, 2.45) is 0 Å². The molecule has 0 aliphatic heterocycles. The van der Waals surface area contributed by atoms with Gasteiger partial charge in [0.05, 0.1) is 0 Å². The maximum absolute atomic E-state index is 2.41. The summed E-state index contributed by atoms with van der Waals surface area (Å²) >= 11 is 0. The minimum Gasteiger partial charge on any atom is -0.0622 e. The Balaban J connectivity index is 0.00000261. The molecule has 139 valence electrons. The Kier molecular flexibility index (Phi) is 6.69. The predicted octanol–water partition coefficient (Wildman–Crippen LogP) is 7.23. The van der Waals surface area contributed by atoms with Crippen LogP contribution in [0.5, 0.6) is 0 Å². The molecule has 0 aromatic heterocycles. The van der Waals surface area contributed by atoms with E-state index in [0.29, 0.717) is 0 Å². The molecule has 0 heterocycles. The third-order valence-corrected chi connectivity index (χ3v) is 5.00. The molecule has 3 radical (unpaired) electrons. The smallest absolute Gasteiger partial charge is 0 e. The number of rotatable bonds is 2. The molecular weight excluding hydrogens is 521 g/mol. The molecule has 0 unspecified atom stereocenters. The van der Waals surface area contributed by atoms with Gasteiger partial charge in [0.2, 0.25) is 0 Å². The summed E-state index contributed by atoms with van der Waals surface area (Å²) in [5, 5.41) is 0. The fourth-order valence-corrected chi connectivity index (χ4v) is 3.45. The van der Waals surface area contributed by atoms with Crippen molar-refractivity contribution in [3.8, 4) is 22.3 Å². The third-order valence-electron chi connectivity index (χ3n) is 5.00. The Labute approximate surface area is 184 Å². The molecule has 0 atom stereocenters. The van der Waals surface area contributed by atoms with Gasteiger partial charge in [-0.15, -0.1) is 0 Å². The first kappa shape index (κ1) is 21.8. The van der Waals surface area contributed by atoms with Gasteiger partial charge in [-0.3, -0.25) is 0 Å². The first-order chi connectivity index (χ1) is 12.2. The monoisotopic (exact) mass is 551 g/mol. The Morgan fingerprint density at radius 1 is 0.519 bits per heavy atom. The second kappa shape index (κ2) is 8.28. The molecule has 0 saturated heterocycles. The average molecular weight is 552 g/mol. The van der Waals surface area contributed by atoms with Crippen molar-refractivity contribution in [1.82, 2.24) is 0 Å². The topological polar surface area (TPSA) is 0 Å². The van der Waals surface area contributed by atoms with Crippen LogP contribution in [0.3, 0.4) is 0 Å². The van der Waals surface area contributed by atoms with Crippen molar-refractivity contribution >= 4 is 26.2 Å². The minimum absolute atomic E-state index is 0. The van der Waals surface area contributed by atoms with E-state index >= 15 is 0 Å². The molecule has 0 aliphatic carbocycles. The molecule has 0 nitrogen and oxygen atoms in total. The molecule has 3 rings (SSSR count). The van der Waals surface area contributed by atoms with E-state index in [1.807, 2.05) is 0 Å². The summed E-state index contributed by atoms with van der Waals surface area (Å²) in [7, 11) is 0. The van der Waals surface area contributed by atoms with Crippen molar-refractivity contribution in [2.75, 3.05) is 0 Å². The second-order valence-electron chi connectivity index (χ2n) is 9.17. The van der Waals surface area contributed by atoms with Gasteiger partial charge < -0.3 is 0 Å². The normalized spacial score (nSPS) is 11.8. The van der Waals surface area contributed by atoms with E-state index in [-0.39, 0.29) is 37.0 Å². The minimum atomic E-state index is 0. The van der Waals surface area contributed by atoms with Crippen molar-refractivity contribution in [1.29, 1.82) is 0 Å². The van der Waals surface area contributed by atoms with Crippen LogP contribution in [0.1, 0.15) is 52.7 Å². The van der Waals surface area contributed by atoms with Gasteiger partial charge in [0.1, 0.15) is 0 Å². The molecule has 0 amide bonds. The maximum atomic E-state index is 2.41. The molecular formula is C26H30Bi. The molecule has 3 aromatic carbocycles. The first-order valence-corrected chi connectivity index (χ1v) is 9.48. The van der Waals surface area contributed by atoms with Gasteiger partial charge in [0.15, 0.2) is 0 Å². The van der Waals surface area contributed by atoms with Crippen molar-refractivity contribution in [3.05, 3.63) is 83.9 Å². The summed E-state index contributed by atoms with van der Waals surface area (Å²) in [5.74, 6) is 0. The van der Waals surface area contributed by atoms with E-state index in [9.17, 15) is 0 Å². The molecule has 1 heteroatoms. The van der Waals surface area contributed by atoms with E-state index < -0.39 is 0 Å². The second-order valence-corrected chi connectivity index (χ2v) is 9.17. The van der Waals surface area contributed by atoms with Crippen LogP contribution in [0, 0.1) is 0 Å². The molecule has 0 saturated carbocycles. The first-order valence-electron chi connectivity index (χ1n) is 9.48. The fourth-order valence-electron chi connectivity index (χ4n) is 3.45. The van der Waals surface area contributed by atoms with Gasteiger partial charge in [-0.05, 0) is 44.2 Å². The Hall–Kier alpha value is -1.46. The van der Waals surface area contributed by atoms with Crippen LogP contribution in [-0.2, 0) is 10.8 Å². The zero-order valence-corrected chi connectivity index (χ0v) is 20.9. The summed E-state index contributed by atoms with van der Waals surface area (Å²) in [6.07, 6.45) is 0. The van der Waals surface area contributed by atoms with Gasteiger partial charge in [-0.1, -0.05) is 114 Å². The van der Waals surface area contributed by atoms with Crippen LogP contribution in [-0.4, -0.2) is 26.2 Å². The van der Waals surface area contributed by atoms with Crippen LogP contribution in [0.2, 0.25) is 0 Å². The maximum Gasteiger partial charge on any atom is 0 e. The Bertz CT molecular complexity index is 893. The van der Waals surface area contributed by atoms with E-state index in [4.69, 9.17) is 0 Å². The number of hydrogen-bond acceptors (Lipinski definition) is 0. The van der Waals surface area contributed by atoms with Crippen LogP contribution in [0.15, 0.2) is 72.8 Å². The molecule has 0 fully saturated rings. The molecule has 0 bridgehead atoms. The molecule has 0 aliphatic rings. The molecule has 27 heavy (non-hydrogen) atoms. The van der Waals surface area contributed by atoms with Crippen LogP contribution in [0.25, 0.3) is 22.3 Å². The molecule has 3 aromatic rings. The van der Waals surface area contributed by atoms with Gasteiger partial charge in [0, 0.05) is 26.2 Å². The largest absolute Gasteiger partial charge is 0.0622 e. The van der Waals surface area contributed by atoms with Gasteiger partial charge in [0.25, 0.3) is 0 Å². The summed E-state index contributed by atoms with van der Waals surface area (Å²) in [4.78, 5) is 0. The fraction of sp³-hybridized carbons (Fsp3) is 0.308. The molecule has 0 N–H and O–H groups in total. The predicted molar refractivity (Wildman–Crippen MR) is 120 cm³/mol. The summed E-state index contributed by atoms with van der Waals surface area (Å²) in [6, 6.07) is 26.5. The zero-order chi connectivity index (χ0) is 18.9. The Morgan fingerprint density at radius 2 is 1.07 bits per heavy atom.